The molecule has 9 heteroatoms. The van der Waals surface area contributed by atoms with Crippen LogP contribution in [-0.2, 0) is 9.59 Å². The molecule has 145 valence electrons. The van der Waals surface area contributed by atoms with Gasteiger partial charge < -0.3 is 20.7 Å². The Labute approximate surface area is 150 Å². The predicted octanol–water partition coefficient (Wildman–Crippen LogP) is 2.56. The second kappa shape index (κ2) is 8.77. The van der Waals surface area contributed by atoms with Crippen molar-refractivity contribution in [3.63, 3.8) is 0 Å². The number of carbonyl (C=O) groups is 2. The molecular weight excluding hydrogens is 351 g/mol. The van der Waals surface area contributed by atoms with E-state index in [1.165, 1.54) is 35.6 Å². The van der Waals surface area contributed by atoms with Crippen molar-refractivity contribution >= 4 is 17.5 Å². The van der Waals surface area contributed by atoms with Gasteiger partial charge in [-0.2, -0.15) is 0 Å². The van der Waals surface area contributed by atoms with E-state index in [1.54, 1.807) is 20.9 Å². The number of primary amides is 1. The third-order valence-corrected chi connectivity index (χ3v) is 3.69. The van der Waals surface area contributed by atoms with Gasteiger partial charge in [0.2, 0.25) is 11.8 Å². The highest BCUT2D eigenvalue weighted by atomic mass is 19.4. The number of anilines is 1. The fourth-order valence-electron chi connectivity index (χ4n) is 1.85. The van der Waals surface area contributed by atoms with Crippen molar-refractivity contribution in [2.75, 3.05) is 25.5 Å². The first-order valence-corrected chi connectivity index (χ1v) is 7.88. The molecule has 3 N–H and O–H groups in total. The number of ether oxygens (including phenoxy) is 1. The van der Waals surface area contributed by atoms with Gasteiger partial charge in [0.15, 0.2) is 0 Å². The number of alkyl halides is 3. The zero-order valence-electron chi connectivity index (χ0n) is 14.9. The first kappa shape index (κ1) is 21.6. The molecule has 26 heavy (non-hydrogen) atoms. The van der Waals surface area contributed by atoms with Crippen molar-refractivity contribution in [3.8, 4) is 5.75 Å². The zero-order valence-corrected chi connectivity index (χ0v) is 14.9. The number of carbonyl (C=O) groups excluding carboxylic acids is 2. The summed E-state index contributed by atoms with van der Waals surface area (Å²) in [5, 5.41) is 2.99. The predicted molar refractivity (Wildman–Crippen MR) is 91.1 cm³/mol. The topological polar surface area (TPSA) is 84.7 Å². The highest BCUT2D eigenvalue weighted by Gasteiger charge is 2.31. The Morgan fingerprint density at radius 3 is 2.31 bits per heavy atom. The van der Waals surface area contributed by atoms with Crippen molar-refractivity contribution in [2.45, 2.75) is 26.6 Å². The monoisotopic (exact) mass is 374 g/mol. The standard InChI is InChI=1S/C17H23F3N3O3/c1-16(2,15(21)25)9-8-14(24)23(3)11-10-22-12-4-6-13(7-5-12)26-17(18,19)20/h4-8,22H,9-11H2,1-3H3,(H2,21,25). The van der Waals surface area contributed by atoms with Crippen LogP contribution in [0.1, 0.15) is 20.3 Å². The lowest BCUT2D eigenvalue weighted by Crippen LogP contribution is -2.35. The van der Waals surface area contributed by atoms with Gasteiger partial charge in [0.25, 0.3) is 0 Å². The Hall–Kier alpha value is -2.45. The van der Waals surface area contributed by atoms with Crippen molar-refractivity contribution in [3.05, 3.63) is 30.7 Å². The van der Waals surface area contributed by atoms with E-state index in [4.69, 9.17) is 5.73 Å². The van der Waals surface area contributed by atoms with Crippen LogP contribution in [0.15, 0.2) is 24.3 Å². The molecule has 1 aromatic rings. The highest BCUT2D eigenvalue weighted by Crippen LogP contribution is 2.24. The Bertz CT molecular complexity index is 616. The Morgan fingerprint density at radius 2 is 1.81 bits per heavy atom. The molecule has 1 rings (SSSR count). The van der Waals surface area contributed by atoms with Crippen molar-refractivity contribution in [1.82, 2.24) is 4.90 Å². The number of likely N-dealkylation sites (N-methyl/N-ethyl adjacent to an activating group) is 1. The van der Waals surface area contributed by atoms with E-state index < -0.39 is 17.7 Å². The number of benzene rings is 1. The fourth-order valence-corrected chi connectivity index (χ4v) is 1.85. The molecular formula is C17H23F3N3O3. The van der Waals surface area contributed by atoms with E-state index in [9.17, 15) is 22.8 Å². The number of nitrogens with two attached hydrogens (primary N) is 1. The van der Waals surface area contributed by atoms with Crippen LogP contribution < -0.4 is 15.8 Å². The Morgan fingerprint density at radius 1 is 1.23 bits per heavy atom. The van der Waals surface area contributed by atoms with Gasteiger partial charge in [-0.3, -0.25) is 9.59 Å². The molecule has 0 spiro atoms. The Balaban J connectivity index is 2.38. The number of halogens is 3. The third kappa shape index (κ3) is 7.62. The molecule has 0 saturated carbocycles. The van der Waals surface area contributed by atoms with Crippen LogP contribution in [0, 0.1) is 11.8 Å². The quantitative estimate of drug-likeness (QED) is 0.696. The first-order chi connectivity index (χ1) is 11.9. The van der Waals surface area contributed by atoms with Gasteiger partial charge >= 0.3 is 6.36 Å². The van der Waals surface area contributed by atoms with Crippen LogP contribution in [0.25, 0.3) is 0 Å². The molecule has 0 aliphatic rings. The molecule has 0 bridgehead atoms. The van der Waals surface area contributed by atoms with E-state index in [-0.39, 0.29) is 18.1 Å². The van der Waals surface area contributed by atoms with Crippen LogP contribution >= 0.6 is 0 Å². The summed E-state index contributed by atoms with van der Waals surface area (Å²) in [7, 11) is 1.61. The second-order valence-corrected chi connectivity index (χ2v) is 6.42. The summed E-state index contributed by atoms with van der Waals surface area (Å²) in [6.07, 6.45) is -3.08. The minimum absolute atomic E-state index is 0.236. The summed E-state index contributed by atoms with van der Waals surface area (Å²) in [5.41, 5.74) is 5.06. The average Bonchev–Trinajstić information content (AvgIpc) is 2.52. The summed E-state index contributed by atoms with van der Waals surface area (Å²) in [6.45, 7) is 4.08. The van der Waals surface area contributed by atoms with E-state index in [0.29, 0.717) is 18.8 Å². The summed E-state index contributed by atoms with van der Waals surface area (Å²) in [4.78, 5) is 24.7. The molecule has 6 nitrogen and oxygen atoms in total. The van der Waals surface area contributed by atoms with Crippen LogP contribution in [0.2, 0.25) is 0 Å². The minimum atomic E-state index is -4.72. The molecule has 0 aliphatic heterocycles. The molecule has 0 saturated heterocycles. The molecule has 1 radical (unpaired) electrons. The Kier molecular flexibility index (Phi) is 7.29. The van der Waals surface area contributed by atoms with Gasteiger partial charge in [-0.15, -0.1) is 13.2 Å². The molecule has 0 unspecified atom stereocenters. The van der Waals surface area contributed by atoms with E-state index in [2.05, 4.69) is 10.1 Å². The van der Waals surface area contributed by atoms with Crippen LogP contribution in [0.3, 0.4) is 0 Å². The number of hydrogen-bond acceptors (Lipinski definition) is 4. The number of nitrogens with one attached hydrogen (secondary N) is 1. The third-order valence-electron chi connectivity index (χ3n) is 3.69. The van der Waals surface area contributed by atoms with Crippen LogP contribution in [0.4, 0.5) is 18.9 Å². The fraction of sp³-hybridized carbons (Fsp3) is 0.471. The molecule has 0 atom stereocenters. The zero-order chi connectivity index (χ0) is 20.0. The van der Waals surface area contributed by atoms with Gasteiger partial charge in [-0.05, 0) is 30.7 Å². The van der Waals surface area contributed by atoms with E-state index in [1.807, 2.05) is 0 Å². The van der Waals surface area contributed by atoms with Gasteiger partial charge in [-0.1, -0.05) is 13.8 Å². The average molecular weight is 374 g/mol. The van der Waals surface area contributed by atoms with Gasteiger partial charge in [0.1, 0.15) is 5.75 Å². The smallest absolute Gasteiger partial charge is 0.406 e. The maximum Gasteiger partial charge on any atom is 0.573 e. The minimum Gasteiger partial charge on any atom is -0.406 e. The van der Waals surface area contributed by atoms with Gasteiger partial charge in [0.05, 0.1) is 6.42 Å². The SMILES string of the molecule is CN(CCNc1ccc(OC(F)(F)F)cc1)C(=O)[CH]CC(C)(C)C(N)=O. The maximum absolute atomic E-state index is 12.1. The number of amides is 2. The summed E-state index contributed by atoms with van der Waals surface area (Å²) in [5.74, 6) is -1.03. The van der Waals surface area contributed by atoms with Crippen molar-refractivity contribution < 1.29 is 27.5 Å². The number of hydrogen-bond donors (Lipinski definition) is 2. The van der Waals surface area contributed by atoms with Gasteiger partial charge in [0, 0.05) is 31.2 Å². The lowest BCUT2D eigenvalue weighted by atomic mass is 9.87. The summed E-state index contributed by atoms with van der Waals surface area (Å²) < 4.78 is 40.0. The summed E-state index contributed by atoms with van der Waals surface area (Å²) in [6, 6.07) is 5.30. The number of nitrogens with zero attached hydrogens (tertiary/aromatic N) is 1. The molecule has 0 fully saturated rings. The summed E-state index contributed by atoms with van der Waals surface area (Å²) >= 11 is 0. The second-order valence-electron chi connectivity index (χ2n) is 6.42. The highest BCUT2D eigenvalue weighted by molar-refractivity contribution is 5.86. The molecule has 0 heterocycles. The normalized spacial score (nSPS) is 11.8. The lowest BCUT2D eigenvalue weighted by Gasteiger charge is -2.22. The number of rotatable bonds is 9. The maximum atomic E-state index is 12.1. The van der Waals surface area contributed by atoms with E-state index >= 15 is 0 Å². The molecule has 0 aliphatic carbocycles. The van der Waals surface area contributed by atoms with E-state index in [0.717, 1.165) is 0 Å². The molecule has 1 aromatic carbocycles. The van der Waals surface area contributed by atoms with Crippen molar-refractivity contribution in [1.29, 1.82) is 0 Å². The molecule has 0 aromatic heterocycles. The first-order valence-electron chi connectivity index (χ1n) is 7.88. The van der Waals surface area contributed by atoms with Crippen LogP contribution in [0.5, 0.6) is 5.75 Å². The lowest BCUT2D eigenvalue weighted by molar-refractivity contribution is -0.274. The largest absolute Gasteiger partial charge is 0.573 e. The van der Waals surface area contributed by atoms with Gasteiger partial charge in [-0.25, -0.2) is 0 Å². The van der Waals surface area contributed by atoms with Crippen LogP contribution in [-0.4, -0.2) is 43.2 Å². The van der Waals surface area contributed by atoms with Crippen molar-refractivity contribution in [2.24, 2.45) is 11.1 Å². The molecule has 2 amide bonds.